The maximum absolute atomic E-state index is 10.0. The van der Waals surface area contributed by atoms with Crippen LogP contribution in [0.2, 0.25) is 0 Å². The van der Waals surface area contributed by atoms with E-state index < -0.39 is 5.60 Å². The smallest absolute Gasteiger partial charge is 0.0784 e. The Bertz CT molecular complexity index is 508. The molecule has 86 valence electrons. The number of aliphatic hydroxyl groups is 1. The molecule has 4 N–H and O–H groups in total. The van der Waals surface area contributed by atoms with Gasteiger partial charge in [0.05, 0.1) is 11.6 Å². The second-order valence-electron chi connectivity index (χ2n) is 4.84. The van der Waals surface area contributed by atoms with Crippen molar-refractivity contribution in [2.45, 2.75) is 32.4 Å². The van der Waals surface area contributed by atoms with E-state index in [1.54, 1.807) is 13.8 Å². The average Bonchev–Trinajstić information content (AvgIpc) is 2.51. The van der Waals surface area contributed by atoms with Crippen molar-refractivity contribution in [3.05, 3.63) is 35.5 Å². The number of H-pyrrole nitrogens is 1. The van der Waals surface area contributed by atoms with Gasteiger partial charge in [-0.3, -0.25) is 0 Å². The molecule has 3 nitrogen and oxygen atoms in total. The number of hydrogen-bond acceptors (Lipinski definition) is 2. The van der Waals surface area contributed by atoms with Crippen molar-refractivity contribution in [1.29, 1.82) is 0 Å². The van der Waals surface area contributed by atoms with Gasteiger partial charge >= 0.3 is 0 Å². The Morgan fingerprint density at radius 2 is 1.94 bits per heavy atom. The number of aromatic nitrogens is 1. The van der Waals surface area contributed by atoms with E-state index in [2.05, 4.69) is 4.98 Å². The number of aromatic amines is 1. The summed E-state index contributed by atoms with van der Waals surface area (Å²) >= 11 is 0. The lowest BCUT2D eigenvalue weighted by Crippen LogP contribution is -2.35. The lowest BCUT2D eigenvalue weighted by molar-refractivity contribution is 0.0519. The van der Waals surface area contributed by atoms with Crippen LogP contribution in [0.1, 0.15) is 31.1 Å². The molecule has 0 bridgehead atoms. The van der Waals surface area contributed by atoms with Crippen LogP contribution in [0.25, 0.3) is 10.9 Å². The van der Waals surface area contributed by atoms with Crippen molar-refractivity contribution in [2.75, 3.05) is 0 Å². The van der Waals surface area contributed by atoms with E-state index in [9.17, 15) is 5.11 Å². The van der Waals surface area contributed by atoms with Crippen LogP contribution >= 0.6 is 0 Å². The Morgan fingerprint density at radius 1 is 1.31 bits per heavy atom. The minimum absolute atomic E-state index is 0.386. The van der Waals surface area contributed by atoms with Gasteiger partial charge in [-0.2, -0.15) is 0 Å². The molecule has 0 spiro atoms. The molecular weight excluding hydrogens is 200 g/mol. The molecule has 1 unspecified atom stereocenters. The van der Waals surface area contributed by atoms with E-state index in [0.29, 0.717) is 0 Å². The molecule has 1 aromatic carbocycles. The van der Waals surface area contributed by atoms with E-state index in [-0.39, 0.29) is 6.04 Å². The van der Waals surface area contributed by atoms with Crippen molar-refractivity contribution >= 4 is 10.9 Å². The molecular formula is C13H18N2O. The molecule has 1 heterocycles. The number of nitrogens with one attached hydrogen (secondary N) is 1. The van der Waals surface area contributed by atoms with Crippen molar-refractivity contribution in [3.8, 4) is 0 Å². The third-order valence-electron chi connectivity index (χ3n) is 3.02. The summed E-state index contributed by atoms with van der Waals surface area (Å²) in [5.41, 5.74) is 8.28. The first kappa shape index (κ1) is 11.2. The number of para-hydroxylation sites is 1. The van der Waals surface area contributed by atoms with Crippen LogP contribution in [0.4, 0.5) is 0 Å². The van der Waals surface area contributed by atoms with Crippen molar-refractivity contribution < 1.29 is 5.11 Å². The number of rotatable bonds is 2. The second-order valence-corrected chi connectivity index (χ2v) is 4.84. The first-order chi connectivity index (χ1) is 7.41. The summed E-state index contributed by atoms with van der Waals surface area (Å²) in [4.78, 5) is 3.29. The van der Waals surface area contributed by atoms with E-state index in [4.69, 9.17) is 5.73 Å². The third kappa shape index (κ3) is 1.72. The Morgan fingerprint density at radius 3 is 2.56 bits per heavy atom. The zero-order valence-electron chi connectivity index (χ0n) is 9.91. The Hall–Kier alpha value is -1.32. The summed E-state index contributed by atoms with van der Waals surface area (Å²) in [6, 6.07) is 7.62. The first-order valence-corrected chi connectivity index (χ1v) is 5.46. The number of aryl methyl sites for hydroxylation is 1. The number of benzene rings is 1. The van der Waals surface area contributed by atoms with Gasteiger partial charge in [-0.15, -0.1) is 0 Å². The molecule has 0 aliphatic rings. The van der Waals surface area contributed by atoms with Gasteiger partial charge in [-0.1, -0.05) is 18.2 Å². The van der Waals surface area contributed by atoms with Gasteiger partial charge in [0.1, 0.15) is 0 Å². The van der Waals surface area contributed by atoms with Crippen LogP contribution < -0.4 is 5.73 Å². The molecule has 0 saturated carbocycles. The quantitative estimate of drug-likeness (QED) is 0.724. The third-order valence-corrected chi connectivity index (χ3v) is 3.02. The number of nitrogens with two attached hydrogens (primary N) is 1. The van der Waals surface area contributed by atoms with Crippen LogP contribution in [0.5, 0.6) is 0 Å². The van der Waals surface area contributed by atoms with E-state index in [1.807, 2.05) is 31.2 Å². The molecule has 1 aromatic heterocycles. The molecule has 16 heavy (non-hydrogen) atoms. The standard InChI is InChI=1S/C13H18N2O/c1-8-11(12(14)13(2,3)16)9-6-4-5-7-10(9)15-8/h4-7,12,15-16H,14H2,1-3H3. The average molecular weight is 218 g/mol. The monoisotopic (exact) mass is 218 g/mol. The van der Waals surface area contributed by atoms with Gasteiger partial charge in [0.25, 0.3) is 0 Å². The second kappa shape index (κ2) is 3.61. The summed E-state index contributed by atoms with van der Waals surface area (Å²) in [7, 11) is 0. The highest BCUT2D eigenvalue weighted by molar-refractivity contribution is 5.85. The highest BCUT2D eigenvalue weighted by atomic mass is 16.3. The predicted molar refractivity (Wildman–Crippen MR) is 66.3 cm³/mol. The lowest BCUT2D eigenvalue weighted by Gasteiger charge is -2.26. The molecule has 2 rings (SSSR count). The molecule has 3 heteroatoms. The van der Waals surface area contributed by atoms with Gasteiger partial charge in [0, 0.05) is 16.6 Å². The fourth-order valence-corrected chi connectivity index (χ4v) is 2.05. The highest BCUT2D eigenvalue weighted by Gasteiger charge is 2.28. The van der Waals surface area contributed by atoms with Gasteiger partial charge in [-0.05, 0) is 32.4 Å². The predicted octanol–water partition coefficient (Wildman–Crippen LogP) is 2.25. The normalized spacial score (nSPS) is 14.3. The fourth-order valence-electron chi connectivity index (χ4n) is 2.05. The van der Waals surface area contributed by atoms with Crippen LogP contribution in [-0.2, 0) is 0 Å². The van der Waals surface area contributed by atoms with Crippen LogP contribution in [-0.4, -0.2) is 15.7 Å². The van der Waals surface area contributed by atoms with Gasteiger partial charge < -0.3 is 15.8 Å². The summed E-state index contributed by atoms with van der Waals surface area (Å²) in [6.07, 6.45) is 0. The SMILES string of the molecule is Cc1[nH]c2ccccc2c1C(N)C(C)(C)O. The first-order valence-electron chi connectivity index (χ1n) is 5.46. The van der Waals surface area contributed by atoms with Crippen LogP contribution in [0.3, 0.4) is 0 Å². The topological polar surface area (TPSA) is 62.0 Å². The van der Waals surface area contributed by atoms with E-state index in [0.717, 1.165) is 22.2 Å². The summed E-state index contributed by atoms with van der Waals surface area (Å²) < 4.78 is 0. The van der Waals surface area contributed by atoms with E-state index >= 15 is 0 Å². The Labute approximate surface area is 95.3 Å². The fraction of sp³-hybridized carbons (Fsp3) is 0.385. The maximum atomic E-state index is 10.0. The lowest BCUT2D eigenvalue weighted by atomic mass is 9.91. The number of hydrogen-bond donors (Lipinski definition) is 3. The largest absolute Gasteiger partial charge is 0.388 e. The molecule has 0 amide bonds. The van der Waals surface area contributed by atoms with Gasteiger partial charge in [0.15, 0.2) is 0 Å². The molecule has 0 fully saturated rings. The Kier molecular flexibility index (Phi) is 2.52. The van der Waals surface area contributed by atoms with Crippen LogP contribution in [0.15, 0.2) is 24.3 Å². The molecule has 2 aromatic rings. The highest BCUT2D eigenvalue weighted by Crippen LogP contribution is 2.31. The van der Waals surface area contributed by atoms with E-state index in [1.165, 1.54) is 0 Å². The van der Waals surface area contributed by atoms with Crippen molar-refractivity contribution in [1.82, 2.24) is 4.98 Å². The summed E-state index contributed by atoms with van der Waals surface area (Å²) in [6.45, 7) is 5.46. The summed E-state index contributed by atoms with van der Waals surface area (Å²) in [5, 5.41) is 11.1. The molecule has 0 radical (unpaired) electrons. The summed E-state index contributed by atoms with van der Waals surface area (Å²) in [5.74, 6) is 0. The zero-order valence-corrected chi connectivity index (χ0v) is 9.91. The molecule has 0 aliphatic heterocycles. The molecule has 0 saturated heterocycles. The zero-order chi connectivity index (χ0) is 11.9. The molecule has 0 aliphatic carbocycles. The minimum Gasteiger partial charge on any atom is -0.388 e. The maximum Gasteiger partial charge on any atom is 0.0784 e. The van der Waals surface area contributed by atoms with Gasteiger partial charge in [-0.25, -0.2) is 0 Å². The van der Waals surface area contributed by atoms with Crippen molar-refractivity contribution in [3.63, 3.8) is 0 Å². The Balaban J connectivity index is 2.64. The van der Waals surface area contributed by atoms with Crippen molar-refractivity contribution in [2.24, 2.45) is 5.73 Å². The van der Waals surface area contributed by atoms with Crippen LogP contribution in [0, 0.1) is 6.92 Å². The number of fused-ring (bicyclic) bond motifs is 1. The molecule has 1 atom stereocenters. The van der Waals surface area contributed by atoms with Gasteiger partial charge in [0.2, 0.25) is 0 Å². The minimum atomic E-state index is -0.921.